The van der Waals surface area contributed by atoms with Crippen molar-refractivity contribution < 1.29 is 0 Å². The third-order valence-corrected chi connectivity index (χ3v) is 3.82. The van der Waals surface area contributed by atoms with Crippen molar-refractivity contribution in [2.24, 2.45) is 0 Å². The van der Waals surface area contributed by atoms with Crippen molar-refractivity contribution in [3.8, 4) is 6.07 Å². The van der Waals surface area contributed by atoms with Gasteiger partial charge in [-0.05, 0) is 46.7 Å². The van der Waals surface area contributed by atoms with Gasteiger partial charge in [-0.2, -0.15) is 5.26 Å². The van der Waals surface area contributed by atoms with Crippen LogP contribution in [-0.4, -0.2) is 36.6 Å². The van der Waals surface area contributed by atoms with E-state index in [0.717, 1.165) is 0 Å². The molecule has 1 aliphatic rings. The van der Waals surface area contributed by atoms with Gasteiger partial charge in [-0.3, -0.25) is 4.90 Å². The molecular formula is C13H25N3. The number of nitrogens with one attached hydrogen (secondary N) is 1. The average molecular weight is 223 g/mol. The molecule has 92 valence electrons. The van der Waals surface area contributed by atoms with Gasteiger partial charge in [-0.1, -0.05) is 6.42 Å². The Hall–Kier alpha value is -0.590. The molecule has 1 rings (SSSR count). The van der Waals surface area contributed by atoms with Crippen LogP contribution in [0.25, 0.3) is 0 Å². The smallest absolute Gasteiger partial charge is 0.0638 e. The summed E-state index contributed by atoms with van der Waals surface area (Å²) in [5.74, 6) is 0. The number of hydrogen-bond acceptors (Lipinski definition) is 3. The highest BCUT2D eigenvalue weighted by molar-refractivity contribution is 4.83. The van der Waals surface area contributed by atoms with Crippen LogP contribution in [0.5, 0.6) is 0 Å². The molecule has 0 aromatic heterocycles. The van der Waals surface area contributed by atoms with Gasteiger partial charge in [-0.15, -0.1) is 0 Å². The van der Waals surface area contributed by atoms with E-state index in [0.29, 0.717) is 24.5 Å². The van der Waals surface area contributed by atoms with Crippen molar-refractivity contribution in [2.45, 2.75) is 64.1 Å². The summed E-state index contributed by atoms with van der Waals surface area (Å²) in [6.07, 6.45) is 5.82. The van der Waals surface area contributed by atoms with E-state index in [1.54, 1.807) is 0 Å². The number of rotatable bonds is 5. The van der Waals surface area contributed by atoms with Crippen LogP contribution >= 0.6 is 0 Å². The molecule has 16 heavy (non-hydrogen) atoms. The molecule has 3 unspecified atom stereocenters. The molecule has 1 fully saturated rings. The van der Waals surface area contributed by atoms with Crippen LogP contribution in [0.1, 0.15) is 46.0 Å². The lowest BCUT2D eigenvalue weighted by Gasteiger charge is -2.33. The van der Waals surface area contributed by atoms with Gasteiger partial charge in [0.1, 0.15) is 0 Å². The number of piperidine rings is 1. The van der Waals surface area contributed by atoms with Gasteiger partial charge in [0.2, 0.25) is 0 Å². The van der Waals surface area contributed by atoms with E-state index in [4.69, 9.17) is 5.26 Å². The molecule has 0 aromatic carbocycles. The zero-order valence-corrected chi connectivity index (χ0v) is 10.9. The summed E-state index contributed by atoms with van der Waals surface area (Å²) < 4.78 is 0. The van der Waals surface area contributed by atoms with Crippen LogP contribution in [0.15, 0.2) is 0 Å². The number of hydrogen-bond donors (Lipinski definition) is 1. The Morgan fingerprint density at radius 3 is 2.69 bits per heavy atom. The molecule has 1 saturated heterocycles. The lowest BCUT2D eigenvalue weighted by molar-refractivity contribution is 0.171. The largest absolute Gasteiger partial charge is 0.314 e. The molecule has 1 N–H and O–H groups in total. The molecule has 0 spiro atoms. The summed E-state index contributed by atoms with van der Waals surface area (Å²) in [7, 11) is 2.13. The normalized spacial score (nSPS) is 25.1. The Morgan fingerprint density at radius 1 is 1.38 bits per heavy atom. The van der Waals surface area contributed by atoms with Gasteiger partial charge in [0.15, 0.2) is 0 Å². The van der Waals surface area contributed by atoms with Gasteiger partial charge < -0.3 is 5.32 Å². The highest BCUT2D eigenvalue weighted by atomic mass is 15.2. The van der Waals surface area contributed by atoms with E-state index in [1.807, 2.05) is 0 Å². The molecule has 3 atom stereocenters. The van der Waals surface area contributed by atoms with Crippen LogP contribution in [0.3, 0.4) is 0 Å². The Labute approximate surface area is 99.8 Å². The first-order chi connectivity index (χ1) is 7.65. The lowest BCUT2D eigenvalue weighted by atomic mass is 9.97. The SMILES string of the molecule is CC(CC#N)N(C)C(C)CC1CCCCN1. The fourth-order valence-electron chi connectivity index (χ4n) is 2.41. The zero-order valence-electron chi connectivity index (χ0n) is 10.9. The molecule has 1 aliphatic heterocycles. The van der Waals surface area contributed by atoms with E-state index in [9.17, 15) is 0 Å². The number of nitrogens with zero attached hydrogens (tertiary/aromatic N) is 2. The summed E-state index contributed by atoms with van der Waals surface area (Å²) in [5.41, 5.74) is 0. The van der Waals surface area contributed by atoms with Crippen molar-refractivity contribution in [1.29, 1.82) is 5.26 Å². The predicted molar refractivity (Wildman–Crippen MR) is 67.2 cm³/mol. The van der Waals surface area contributed by atoms with Gasteiger partial charge in [0, 0.05) is 18.1 Å². The van der Waals surface area contributed by atoms with Gasteiger partial charge in [-0.25, -0.2) is 0 Å². The van der Waals surface area contributed by atoms with Crippen LogP contribution in [-0.2, 0) is 0 Å². The quantitative estimate of drug-likeness (QED) is 0.776. The lowest BCUT2D eigenvalue weighted by Crippen LogP contribution is -2.43. The first kappa shape index (κ1) is 13.5. The maximum Gasteiger partial charge on any atom is 0.0638 e. The van der Waals surface area contributed by atoms with Crippen molar-refractivity contribution in [2.75, 3.05) is 13.6 Å². The molecule has 0 saturated carbocycles. The Morgan fingerprint density at radius 2 is 2.12 bits per heavy atom. The third kappa shape index (κ3) is 4.11. The second-order valence-corrected chi connectivity index (χ2v) is 5.11. The average Bonchev–Trinajstić information content (AvgIpc) is 2.29. The van der Waals surface area contributed by atoms with Crippen LogP contribution in [0, 0.1) is 11.3 Å². The molecule has 3 nitrogen and oxygen atoms in total. The maximum absolute atomic E-state index is 8.70. The Balaban J connectivity index is 2.32. The fraction of sp³-hybridized carbons (Fsp3) is 0.923. The summed E-state index contributed by atoms with van der Waals surface area (Å²) in [4.78, 5) is 2.33. The second-order valence-electron chi connectivity index (χ2n) is 5.11. The maximum atomic E-state index is 8.70. The van der Waals surface area contributed by atoms with Crippen molar-refractivity contribution in [3.05, 3.63) is 0 Å². The Bertz CT molecular complexity index is 228. The molecule has 0 aromatic rings. The Kier molecular flexibility index (Phi) is 5.79. The van der Waals surface area contributed by atoms with E-state index in [1.165, 1.54) is 32.2 Å². The van der Waals surface area contributed by atoms with Gasteiger partial charge >= 0.3 is 0 Å². The monoisotopic (exact) mass is 223 g/mol. The first-order valence-electron chi connectivity index (χ1n) is 6.47. The zero-order chi connectivity index (χ0) is 12.0. The van der Waals surface area contributed by atoms with E-state index in [2.05, 4.69) is 37.2 Å². The fourth-order valence-corrected chi connectivity index (χ4v) is 2.41. The molecule has 0 amide bonds. The van der Waals surface area contributed by atoms with E-state index < -0.39 is 0 Å². The van der Waals surface area contributed by atoms with Crippen LogP contribution in [0.4, 0.5) is 0 Å². The van der Waals surface area contributed by atoms with E-state index >= 15 is 0 Å². The van der Waals surface area contributed by atoms with Crippen molar-refractivity contribution in [1.82, 2.24) is 10.2 Å². The van der Waals surface area contributed by atoms with Gasteiger partial charge in [0.05, 0.1) is 12.5 Å². The van der Waals surface area contributed by atoms with E-state index in [-0.39, 0.29) is 0 Å². The van der Waals surface area contributed by atoms with Crippen LogP contribution < -0.4 is 5.32 Å². The molecule has 0 aliphatic carbocycles. The molecule has 0 bridgehead atoms. The standard InChI is InChI=1S/C13H25N3/c1-11(7-8-14)16(3)12(2)10-13-6-4-5-9-15-13/h11-13,15H,4-7,9-10H2,1-3H3. The van der Waals surface area contributed by atoms with Crippen LogP contribution in [0.2, 0.25) is 0 Å². The predicted octanol–water partition coefficient (Wildman–Crippen LogP) is 2.14. The minimum Gasteiger partial charge on any atom is -0.314 e. The molecule has 0 radical (unpaired) electrons. The number of nitriles is 1. The third-order valence-electron chi connectivity index (χ3n) is 3.82. The minimum atomic E-state index is 0.364. The summed E-state index contributed by atoms with van der Waals surface area (Å²) in [6, 6.07) is 3.85. The highest BCUT2D eigenvalue weighted by Crippen LogP contribution is 2.16. The summed E-state index contributed by atoms with van der Waals surface area (Å²) in [5, 5.41) is 12.3. The van der Waals surface area contributed by atoms with Crippen molar-refractivity contribution >= 4 is 0 Å². The topological polar surface area (TPSA) is 39.1 Å². The summed E-state index contributed by atoms with van der Waals surface area (Å²) in [6.45, 7) is 5.58. The minimum absolute atomic E-state index is 0.364. The molecule has 1 heterocycles. The molecular weight excluding hydrogens is 198 g/mol. The second kappa shape index (κ2) is 6.88. The van der Waals surface area contributed by atoms with Crippen molar-refractivity contribution in [3.63, 3.8) is 0 Å². The molecule has 3 heteroatoms. The highest BCUT2D eigenvalue weighted by Gasteiger charge is 2.20. The van der Waals surface area contributed by atoms with Gasteiger partial charge in [0.25, 0.3) is 0 Å². The summed E-state index contributed by atoms with van der Waals surface area (Å²) >= 11 is 0. The first-order valence-corrected chi connectivity index (χ1v) is 6.47.